The second kappa shape index (κ2) is 6.12. The first-order valence-corrected chi connectivity index (χ1v) is 9.72. The fourth-order valence-corrected chi connectivity index (χ4v) is 5.63. The Bertz CT molecular complexity index is 940. The van der Waals surface area contributed by atoms with Gasteiger partial charge in [-0.1, -0.05) is 48.9 Å². The molecule has 0 N–H and O–H groups in total. The lowest BCUT2D eigenvalue weighted by atomic mass is 10.0. The number of nitriles is 1. The third-order valence-electron chi connectivity index (χ3n) is 5.00. The fraction of sp³-hybridized carbons (Fsp3) is 0.300. The molecule has 0 spiro atoms. The molecule has 0 bridgehead atoms. The molecular formula is C20H19NO3S. The van der Waals surface area contributed by atoms with Crippen molar-refractivity contribution in [1.82, 2.24) is 0 Å². The van der Waals surface area contributed by atoms with E-state index >= 15 is 0 Å². The smallest absolute Gasteiger partial charge is 0.183 e. The monoisotopic (exact) mass is 353 g/mol. The number of rotatable bonds is 5. The van der Waals surface area contributed by atoms with Crippen molar-refractivity contribution in [2.45, 2.75) is 36.3 Å². The summed E-state index contributed by atoms with van der Waals surface area (Å²) in [5.41, 5.74) is 1.27. The molecule has 1 saturated carbocycles. The van der Waals surface area contributed by atoms with Crippen LogP contribution in [0.1, 0.15) is 29.5 Å². The summed E-state index contributed by atoms with van der Waals surface area (Å²) < 4.78 is 26.1. The summed E-state index contributed by atoms with van der Waals surface area (Å²) >= 11 is 0. The van der Waals surface area contributed by atoms with Crippen LogP contribution in [0.4, 0.5) is 0 Å². The average Bonchev–Trinajstić information content (AvgIpc) is 3.33. The summed E-state index contributed by atoms with van der Waals surface area (Å²) in [6, 6.07) is 15.9. The normalized spacial score (nSPS) is 25.2. The van der Waals surface area contributed by atoms with Crippen molar-refractivity contribution in [3.05, 3.63) is 65.2 Å². The number of sulfone groups is 1. The van der Waals surface area contributed by atoms with E-state index in [1.165, 1.54) is 12.1 Å². The predicted octanol–water partition coefficient (Wildman–Crippen LogP) is 3.21. The summed E-state index contributed by atoms with van der Waals surface area (Å²) in [7, 11) is -3.78. The number of carbonyl (C=O) groups excluding carboxylic acids is 1. The highest BCUT2D eigenvalue weighted by atomic mass is 32.2. The molecule has 1 aliphatic carbocycles. The highest BCUT2D eigenvalue weighted by Crippen LogP contribution is 2.62. The summed E-state index contributed by atoms with van der Waals surface area (Å²) in [6.45, 7) is 3.90. The average molecular weight is 353 g/mol. The summed E-state index contributed by atoms with van der Waals surface area (Å²) in [6.07, 6.45) is 1.37. The molecule has 0 radical (unpaired) electrons. The number of hydrogen-bond acceptors (Lipinski definition) is 4. The maximum atomic E-state index is 13.0. The van der Waals surface area contributed by atoms with Crippen molar-refractivity contribution in [2.24, 2.45) is 5.41 Å². The van der Waals surface area contributed by atoms with Gasteiger partial charge in [0.1, 0.15) is 17.0 Å². The number of nitrogens with zero attached hydrogens (tertiary/aromatic N) is 1. The Kier molecular flexibility index (Phi) is 4.26. The molecule has 0 heterocycles. The second-order valence-electron chi connectivity index (χ2n) is 6.51. The van der Waals surface area contributed by atoms with Crippen LogP contribution < -0.4 is 0 Å². The van der Waals surface area contributed by atoms with Gasteiger partial charge >= 0.3 is 0 Å². The molecule has 2 aromatic carbocycles. The van der Waals surface area contributed by atoms with E-state index in [1.54, 1.807) is 12.1 Å². The van der Waals surface area contributed by atoms with Gasteiger partial charge in [0.2, 0.25) is 0 Å². The third kappa shape index (κ3) is 2.67. The Balaban J connectivity index is 2.05. The van der Waals surface area contributed by atoms with Gasteiger partial charge in [-0.2, -0.15) is 5.26 Å². The molecule has 128 valence electrons. The Morgan fingerprint density at radius 3 is 2.20 bits per heavy atom. The zero-order valence-corrected chi connectivity index (χ0v) is 15.0. The first-order chi connectivity index (χ1) is 11.9. The van der Waals surface area contributed by atoms with Crippen LogP contribution in [-0.2, 0) is 21.1 Å². The maximum absolute atomic E-state index is 13.0. The SMILES string of the molecule is CCc1ccc([C@H]2[C@H](S(=O)(=O)c3ccc(C)cc3)[C@@]2(C#N)C=O)cc1. The van der Waals surface area contributed by atoms with Crippen LogP contribution in [0.25, 0.3) is 0 Å². The highest BCUT2D eigenvalue weighted by Gasteiger charge is 2.72. The fourth-order valence-electron chi connectivity index (χ4n) is 3.40. The standard InChI is InChI=1S/C20H19NO3S/c1-3-15-6-8-16(9-7-15)18-19(20(18,12-21)13-22)25(23,24)17-10-4-14(2)5-11-17/h4-11,13,18-19H,3H2,1-2H3/t18-,19-,20-/m0/s1. The topological polar surface area (TPSA) is 75.0 Å². The van der Waals surface area contributed by atoms with Crippen molar-refractivity contribution in [1.29, 1.82) is 5.26 Å². The van der Waals surface area contributed by atoms with Crippen LogP contribution in [0, 0.1) is 23.7 Å². The highest BCUT2D eigenvalue weighted by molar-refractivity contribution is 7.92. The van der Waals surface area contributed by atoms with Crippen LogP contribution >= 0.6 is 0 Å². The van der Waals surface area contributed by atoms with Crippen LogP contribution in [0.2, 0.25) is 0 Å². The lowest BCUT2D eigenvalue weighted by Crippen LogP contribution is -2.16. The van der Waals surface area contributed by atoms with Crippen molar-refractivity contribution in [2.75, 3.05) is 0 Å². The summed E-state index contributed by atoms with van der Waals surface area (Å²) in [5, 5.41) is 8.52. The second-order valence-corrected chi connectivity index (χ2v) is 8.58. The molecule has 2 aromatic rings. The van der Waals surface area contributed by atoms with Crippen molar-refractivity contribution >= 4 is 16.1 Å². The first kappa shape index (κ1) is 17.4. The minimum Gasteiger partial charge on any atom is -0.302 e. The third-order valence-corrected chi connectivity index (χ3v) is 7.26. The van der Waals surface area contributed by atoms with E-state index in [1.807, 2.05) is 44.2 Å². The Labute approximate surface area is 148 Å². The van der Waals surface area contributed by atoms with E-state index in [0.29, 0.717) is 11.8 Å². The van der Waals surface area contributed by atoms with Crippen LogP contribution in [-0.4, -0.2) is 20.0 Å². The maximum Gasteiger partial charge on any atom is 0.183 e. The minimum atomic E-state index is -3.78. The lowest BCUT2D eigenvalue weighted by molar-refractivity contribution is -0.110. The van der Waals surface area contributed by atoms with Crippen molar-refractivity contribution < 1.29 is 13.2 Å². The zero-order valence-electron chi connectivity index (χ0n) is 14.1. The van der Waals surface area contributed by atoms with Crippen molar-refractivity contribution in [3.63, 3.8) is 0 Å². The van der Waals surface area contributed by atoms with Gasteiger partial charge in [0.05, 0.1) is 11.0 Å². The molecule has 0 saturated heterocycles. The summed E-state index contributed by atoms with van der Waals surface area (Å²) in [4.78, 5) is 11.8. The molecule has 3 rings (SSSR count). The molecule has 4 nitrogen and oxygen atoms in total. The quantitative estimate of drug-likeness (QED) is 0.774. The van der Waals surface area contributed by atoms with Gasteiger partial charge in [-0.05, 0) is 36.6 Å². The largest absolute Gasteiger partial charge is 0.302 e. The number of carbonyl (C=O) groups is 1. The van der Waals surface area contributed by atoms with Gasteiger partial charge in [0.25, 0.3) is 0 Å². The Morgan fingerprint density at radius 1 is 1.12 bits per heavy atom. The van der Waals surface area contributed by atoms with Gasteiger partial charge in [0, 0.05) is 5.92 Å². The molecule has 0 aromatic heterocycles. The molecule has 3 atom stereocenters. The number of aryl methyl sites for hydroxylation is 2. The van der Waals surface area contributed by atoms with E-state index < -0.39 is 26.4 Å². The van der Waals surface area contributed by atoms with E-state index in [9.17, 15) is 18.5 Å². The molecule has 5 heteroatoms. The Hall–Kier alpha value is -2.45. The van der Waals surface area contributed by atoms with Gasteiger partial charge in [-0.25, -0.2) is 8.42 Å². The molecule has 0 unspecified atom stereocenters. The molecule has 25 heavy (non-hydrogen) atoms. The Morgan fingerprint density at radius 2 is 1.72 bits per heavy atom. The van der Waals surface area contributed by atoms with Gasteiger partial charge < -0.3 is 4.79 Å². The van der Waals surface area contributed by atoms with Gasteiger partial charge in [0.15, 0.2) is 9.84 Å². The van der Waals surface area contributed by atoms with Crippen LogP contribution in [0.15, 0.2) is 53.4 Å². The molecule has 0 amide bonds. The van der Waals surface area contributed by atoms with E-state index in [2.05, 4.69) is 0 Å². The summed E-state index contributed by atoms with van der Waals surface area (Å²) in [5.74, 6) is -0.632. The molecular weight excluding hydrogens is 334 g/mol. The van der Waals surface area contributed by atoms with Gasteiger partial charge in [-0.15, -0.1) is 0 Å². The first-order valence-electron chi connectivity index (χ1n) is 8.17. The number of aldehydes is 1. The predicted molar refractivity (Wildman–Crippen MR) is 94.8 cm³/mol. The molecule has 0 aliphatic heterocycles. The van der Waals surface area contributed by atoms with Crippen molar-refractivity contribution in [3.8, 4) is 6.07 Å². The van der Waals surface area contributed by atoms with Crippen LogP contribution in [0.5, 0.6) is 0 Å². The molecule has 1 aliphatic rings. The lowest BCUT2D eigenvalue weighted by Gasteiger charge is -2.05. The number of benzene rings is 2. The van der Waals surface area contributed by atoms with E-state index in [0.717, 1.165) is 17.5 Å². The number of hydrogen-bond donors (Lipinski definition) is 0. The molecule has 1 fully saturated rings. The van der Waals surface area contributed by atoms with Gasteiger partial charge in [-0.3, -0.25) is 0 Å². The zero-order chi connectivity index (χ0) is 18.2. The van der Waals surface area contributed by atoms with E-state index in [4.69, 9.17) is 0 Å². The minimum absolute atomic E-state index is 0.150. The van der Waals surface area contributed by atoms with Crippen LogP contribution in [0.3, 0.4) is 0 Å². The van der Waals surface area contributed by atoms with E-state index in [-0.39, 0.29) is 4.90 Å².